The molecule has 0 fully saturated rings. The van der Waals surface area contributed by atoms with Gasteiger partial charge < -0.3 is 9.88 Å². The summed E-state index contributed by atoms with van der Waals surface area (Å²) in [6.45, 7) is 1.91. The number of anilines is 1. The van der Waals surface area contributed by atoms with E-state index in [-0.39, 0.29) is 17.3 Å². The number of nitrogens with zero attached hydrogens (tertiary/aromatic N) is 2. The molecule has 2 aromatic rings. The quantitative estimate of drug-likeness (QED) is 0.689. The van der Waals surface area contributed by atoms with E-state index in [1.807, 2.05) is 19.1 Å². The third-order valence-corrected chi connectivity index (χ3v) is 3.74. The second kappa shape index (κ2) is 5.46. The minimum atomic E-state index is -0.527. The van der Waals surface area contributed by atoms with Gasteiger partial charge in [-0.15, -0.1) is 0 Å². The Kier molecular flexibility index (Phi) is 3.89. The lowest BCUT2D eigenvalue weighted by atomic mass is 10.2. The number of carbonyl (C=O) groups excluding carboxylic acids is 1. The first-order valence-electron chi connectivity index (χ1n) is 5.76. The highest BCUT2D eigenvalue weighted by Crippen LogP contribution is 2.21. The van der Waals surface area contributed by atoms with Crippen LogP contribution >= 0.6 is 15.9 Å². The minimum absolute atomic E-state index is 0.107. The lowest BCUT2D eigenvalue weighted by molar-refractivity contribution is -0.384. The van der Waals surface area contributed by atoms with Crippen molar-refractivity contribution in [2.24, 2.45) is 7.05 Å². The van der Waals surface area contributed by atoms with Crippen molar-refractivity contribution >= 4 is 33.2 Å². The molecule has 0 aliphatic heterocycles. The van der Waals surface area contributed by atoms with Crippen molar-refractivity contribution in [3.8, 4) is 0 Å². The summed E-state index contributed by atoms with van der Waals surface area (Å²) in [5.74, 6) is -0.387. The summed E-state index contributed by atoms with van der Waals surface area (Å²) in [5.41, 5.74) is 1.75. The molecule has 0 unspecified atom stereocenters. The van der Waals surface area contributed by atoms with Gasteiger partial charge in [0.15, 0.2) is 0 Å². The maximum absolute atomic E-state index is 12.1. The molecule has 0 aliphatic rings. The van der Waals surface area contributed by atoms with Crippen LogP contribution in [0.4, 0.5) is 11.4 Å². The monoisotopic (exact) mass is 337 g/mol. The fourth-order valence-corrected chi connectivity index (χ4v) is 2.04. The molecule has 1 heterocycles. The van der Waals surface area contributed by atoms with E-state index in [4.69, 9.17) is 0 Å². The summed E-state index contributed by atoms with van der Waals surface area (Å²) in [4.78, 5) is 22.3. The van der Waals surface area contributed by atoms with E-state index >= 15 is 0 Å². The topological polar surface area (TPSA) is 77.2 Å². The van der Waals surface area contributed by atoms with Crippen LogP contribution in [0.15, 0.2) is 34.9 Å². The van der Waals surface area contributed by atoms with Crippen molar-refractivity contribution in [1.29, 1.82) is 0 Å². The molecule has 0 saturated heterocycles. The van der Waals surface area contributed by atoms with Crippen LogP contribution in [0.1, 0.15) is 16.1 Å². The Morgan fingerprint density at radius 1 is 1.40 bits per heavy atom. The van der Waals surface area contributed by atoms with Crippen molar-refractivity contribution in [2.75, 3.05) is 5.32 Å². The molecule has 0 bridgehead atoms. The Balaban J connectivity index is 2.23. The number of amides is 1. The molecule has 6 nitrogen and oxygen atoms in total. The average molecular weight is 338 g/mol. The summed E-state index contributed by atoms with van der Waals surface area (Å²) in [7, 11) is 1.59. The second-order valence-corrected chi connectivity index (χ2v) is 5.22. The van der Waals surface area contributed by atoms with Gasteiger partial charge in [-0.1, -0.05) is 15.9 Å². The number of halogens is 1. The SMILES string of the molecule is Cc1cc(NC(=O)c2cc([N+](=O)[O-])cn2C)ccc1Br. The molecule has 104 valence electrons. The van der Waals surface area contributed by atoms with Crippen molar-refractivity contribution < 1.29 is 9.72 Å². The van der Waals surface area contributed by atoms with Gasteiger partial charge in [-0.05, 0) is 30.7 Å². The van der Waals surface area contributed by atoms with Crippen LogP contribution in [0.25, 0.3) is 0 Å². The molecule has 0 radical (unpaired) electrons. The van der Waals surface area contributed by atoms with Gasteiger partial charge in [-0.2, -0.15) is 0 Å². The van der Waals surface area contributed by atoms with Crippen LogP contribution in [-0.4, -0.2) is 15.4 Å². The Morgan fingerprint density at radius 3 is 2.65 bits per heavy atom. The lowest BCUT2D eigenvalue weighted by Crippen LogP contribution is -2.15. The predicted molar refractivity (Wildman–Crippen MR) is 78.9 cm³/mol. The number of benzene rings is 1. The van der Waals surface area contributed by atoms with Crippen LogP contribution < -0.4 is 5.32 Å². The molecular formula is C13H12BrN3O3. The minimum Gasteiger partial charge on any atom is -0.340 e. The van der Waals surface area contributed by atoms with Crippen LogP contribution in [-0.2, 0) is 7.05 Å². The average Bonchev–Trinajstić information content (AvgIpc) is 2.76. The van der Waals surface area contributed by atoms with Gasteiger partial charge in [0.05, 0.1) is 11.1 Å². The first-order valence-corrected chi connectivity index (χ1v) is 6.56. The van der Waals surface area contributed by atoms with Crippen LogP contribution in [0.5, 0.6) is 0 Å². The summed E-state index contributed by atoms with van der Waals surface area (Å²) in [6.07, 6.45) is 1.31. The lowest BCUT2D eigenvalue weighted by Gasteiger charge is -2.07. The second-order valence-electron chi connectivity index (χ2n) is 4.37. The van der Waals surface area contributed by atoms with E-state index in [1.54, 1.807) is 13.1 Å². The number of nitro groups is 1. The maximum atomic E-state index is 12.1. The molecule has 0 atom stereocenters. The molecule has 1 N–H and O–H groups in total. The fraction of sp³-hybridized carbons (Fsp3) is 0.154. The first-order chi connectivity index (χ1) is 9.38. The van der Waals surface area contributed by atoms with Gasteiger partial charge in [-0.3, -0.25) is 14.9 Å². The normalized spacial score (nSPS) is 10.3. The van der Waals surface area contributed by atoms with Gasteiger partial charge >= 0.3 is 0 Å². The standard InChI is InChI=1S/C13H12BrN3O3/c1-8-5-9(3-4-11(8)14)15-13(18)12-6-10(17(19)20)7-16(12)2/h3-7H,1-2H3,(H,15,18). The molecule has 0 spiro atoms. The van der Waals surface area contributed by atoms with Gasteiger partial charge in [0.1, 0.15) is 5.69 Å². The van der Waals surface area contributed by atoms with E-state index in [1.165, 1.54) is 16.8 Å². The van der Waals surface area contributed by atoms with E-state index in [2.05, 4.69) is 21.2 Å². The number of hydrogen-bond acceptors (Lipinski definition) is 3. The summed E-state index contributed by atoms with van der Waals surface area (Å²) in [5, 5.41) is 13.4. The zero-order valence-electron chi connectivity index (χ0n) is 10.9. The molecule has 1 amide bonds. The predicted octanol–water partition coefficient (Wildman–Crippen LogP) is 3.26. The van der Waals surface area contributed by atoms with Crippen molar-refractivity contribution in [3.63, 3.8) is 0 Å². The highest BCUT2D eigenvalue weighted by Gasteiger charge is 2.17. The van der Waals surface area contributed by atoms with E-state index < -0.39 is 4.92 Å². The summed E-state index contributed by atoms with van der Waals surface area (Å²) >= 11 is 3.38. The number of aryl methyl sites for hydroxylation is 2. The van der Waals surface area contributed by atoms with Gasteiger partial charge in [0.2, 0.25) is 0 Å². The van der Waals surface area contributed by atoms with Crippen molar-refractivity contribution in [2.45, 2.75) is 6.92 Å². The summed E-state index contributed by atoms with van der Waals surface area (Å²) < 4.78 is 2.38. The smallest absolute Gasteiger partial charge is 0.287 e. The Bertz CT molecular complexity index is 694. The van der Waals surface area contributed by atoms with Crippen molar-refractivity contribution in [1.82, 2.24) is 4.57 Å². The molecular weight excluding hydrogens is 326 g/mol. The largest absolute Gasteiger partial charge is 0.340 e. The molecule has 2 rings (SSSR count). The fourth-order valence-electron chi connectivity index (χ4n) is 1.79. The molecule has 1 aromatic heterocycles. The van der Waals surface area contributed by atoms with Crippen LogP contribution in [0.3, 0.4) is 0 Å². The zero-order chi connectivity index (χ0) is 14.9. The van der Waals surface area contributed by atoms with E-state index in [9.17, 15) is 14.9 Å². The van der Waals surface area contributed by atoms with Crippen LogP contribution in [0, 0.1) is 17.0 Å². The molecule has 0 saturated carbocycles. The third kappa shape index (κ3) is 2.88. The van der Waals surface area contributed by atoms with Gasteiger partial charge in [0, 0.05) is 23.3 Å². The van der Waals surface area contributed by atoms with E-state index in [0.29, 0.717) is 5.69 Å². The number of rotatable bonds is 3. The third-order valence-electron chi connectivity index (χ3n) is 2.85. The Labute approximate surface area is 123 Å². The molecule has 7 heteroatoms. The highest BCUT2D eigenvalue weighted by atomic mass is 79.9. The van der Waals surface area contributed by atoms with E-state index in [0.717, 1.165) is 10.0 Å². The Morgan fingerprint density at radius 2 is 2.10 bits per heavy atom. The number of hydrogen-bond donors (Lipinski definition) is 1. The highest BCUT2D eigenvalue weighted by molar-refractivity contribution is 9.10. The van der Waals surface area contributed by atoms with Gasteiger partial charge in [-0.25, -0.2) is 0 Å². The van der Waals surface area contributed by atoms with Crippen molar-refractivity contribution in [3.05, 3.63) is 56.3 Å². The number of aromatic nitrogens is 1. The van der Waals surface area contributed by atoms with Gasteiger partial charge in [0.25, 0.3) is 11.6 Å². The van der Waals surface area contributed by atoms with Crippen LogP contribution in [0.2, 0.25) is 0 Å². The number of nitrogens with one attached hydrogen (secondary N) is 1. The zero-order valence-corrected chi connectivity index (χ0v) is 12.5. The molecule has 0 aliphatic carbocycles. The first kappa shape index (κ1) is 14.3. The summed E-state index contributed by atoms with van der Waals surface area (Å²) in [6, 6.07) is 6.66. The number of carbonyl (C=O) groups is 1. The molecule has 20 heavy (non-hydrogen) atoms. The maximum Gasteiger partial charge on any atom is 0.287 e. The Hall–Kier alpha value is -2.15. The molecule has 1 aromatic carbocycles.